The molecule has 32 heavy (non-hydrogen) atoms. The number of non-ortho nitro benzene ring substituents is 1. The van der Waals surface area contributed by atoms with E-state index in [0.717, 1.165) is 24.1 Å². The predicted octanol–water partition coefficient (Wildman–Crippen LogP) is 4.50. The van der Waals surface area contributed by atoms with Crippen molar-refractivity contribution in [3.63, 3.8) is 0 Å². The van der Waals surface area contributed by atoms with Crippen LogP contribution < -0.4 is 9.84 Å². The Bertz CT molecular complexity index is 1360. The molecule has 1 heterocycles. The lowest BCUT2D eigenvalue weighted by Gasteiger charge is -2.14. The van der Waals surface area contributed by atoms with Crippen molar-refractivity contribution in [1.29, 1.82) is 0 Å². The second-order valence-electron chi connectivity index (χ2n) is 6.96. The molecule has 4 aromatic rings. The largest absolute Gasteiger partial charge is 0.870 e. The molecule has 162 valence electrons. The molecule has 0 saturated heterocycles. The van der Waals surface area contributed by atoms with Gasteiger partial charge in [-0.1, -0.05) is 18.7 Å². The van der Waals surface area contributed by atoms with Crippen LogP contribution in [0.3, 0.4) is 0 Å². The number of nitro benzene ring substituents is 1. The Hall–Kier alpha value is -4.40. The molecule has 0 aliphatic rings. The summed E-state index contributed by atoms with van der Waals surface area (Å²) in [5.41, 5.74) is 2.80. The molecule has 4 rings (SSSR count). The number of hydrogen-bond donors (Lipinski definition) is 1. The number of benzene rings is 3. The van der Waals surface area contributed by atoms with Crippen LogP contribution in [-0.4, -0.2) is 28.3 Å². The van der Waals surface area contributed by atoms with E-state index in [9.17, 15) is 20.3 Å². The van der Waals surface area contributed by atoms with Gasteiger partial charge in [0, 0.05) is 12.3 Å². The van der Waals surface area contributed by atoms with E-state index in [0.29, 0.717) is 22.4 Å². The van der Waals surface area contributed by atoms with Crippen molar-refractivity contribution in [2.75, 3.05) is 7.11 Å². The van der Waals surface area contributed by atoms with Gasteiger partial charge in [0.15, 0.2) is 5.58 Å². The molecule has 1 N–H and O–H groups in total. The summed E-state index contributed by atoms with van der Waals surface area (Å²) in [4.78, 5) is 19.2. The second-order valence-corrected chi connectivity index (χ2v) is 6.96. The first kappa shape index (κ1) is 20.9. The standard InChI is InChI=1S/C23H19N3O6/c1-3-13-4-7-20-18(8-13)25-23(32-20)17-10-15(5-6-19(17)27)24-12-14-9-16(26(29)30)11-21(31-2)22(14)28/h4-12,27-28H,3H2,1-2H3/p-1. The van der Waals surface area contributed by atoms with E-state index >= 15 is 0 Å². The van der Waals surface area contributed by atoms with Crippen LogP contribution in [0, 0.1) is 10.1 Å². The van der Waals surface area contributed by atoms with Gasteiger partial charge in [-0.05, 0) is 47.9 Å². The fraction of sp³-hybridized carbons (Fsp3) is 0.130. The van der Waals surface area contributed by atoms with Gasteiger partial charge in [-0.3, -0.25) is 15.1 Å². The Morgan fingerprint density at radius 3 is 2.75 bits per heavy atom. The Balaban J connectivity index is 1.72. The number of phenols is 1. The quantitative estimate of drug-likeness (QED) is 0.269. The molecular weight excluding hydrogens is 414 g/mol. The lowest BCUT2D eigenvalue weighted by atomic mass is 10.1. The van der Waals surface area contributed by atoms with Crippen LogP contribution in [-0.2, 0) is 6.42 Å². The average Bonchev–Trinajstić information content (AvgIpc) is 3.22. The SMILES string of the molecule is CCc1ccc2oc(-c3cc(N=Cc4cc([N+](=O)[O-])cc(OC)c4[O-])ccc3O)nc2c1. The van der Waals surface area contributed by atoms with Crippen LogP contribution in [0.15, 0.2) is 57.9 Å². The highest BCUT2D eigenvalue weighted by molar-refractivity contribution is 5.88. The van der Waals surface area contributed by atoms with Crippen molar-refractivity contribution in [1.82, 2.24) is 4.98 Å². The van der Waals surface area contributed by atoms with E-state index in [2.05, 4.69) is 9.98 Å². The maximum absolute atomic E-state index is 12.4. The lowest BCUT2D eigenvalue weighted by molar-refractivity contribution is -0.385. The number of phenolic OH excluding ortho intramolecular Hbond substituents is 1. The summed E-state index contributed by atoms with van der Waals surface area (Å²) in [6, 6.07) is 12.4. The maximum atomic E-state index is 12.4. The Kier molecular flexibility index (Phi) is 5.46. The van der Waals surface area contributed by atoms with Crippen molar-refractivity contribution in [3.8, 4) is 28.7 Å². The van der Waals surface area contributed by atoms with E-state index < -0.39 is 10.7 Å². The summed E-state index contributed by atoms with van der Waals surface area (Å²) in [7, 11) is 1.26. The van der Waals surface area contributed by atoms with E-state index in [1.807, 2.05) is 25.1 Å². The smallest absolute Gasteiger partial charge is 0.273 e. The minimum atomic E-state index is -0.616. The minimum absolute atomic E-state index is 0.000341. The van der Waals surface area contributed by atoms with Gasteiger partial charge in [-0.2, -0.15) is 0 Å². The van der Waals surface area contributed by atoms with E-state index in [1.54, 1.807) is 6.07 Å². The molecule has 0 spiro atoms. The van der Waals surface area contributed by atoms with Gasteiger partial charge in [-0.25, -0.2) is 4.98 Å². The summed E-state index contributed by atoms with van der Waals surface area (Å²) >= 11 is 0. The third-order valence-electron chi connectivity index (χ3n) is 4.92. The summed E-state index contributed by atoms with van der Waals surface area (Å²) in [6.45, 7) is 2.04. The second kappa shape index (κ2) is 8.38. The van der Waals surface area contributed by atoms with Gasteiger partial charge in [-0.15, -0.1) is 0 Å². The number of oxazole rings is 1. The average molecular weight is 432 g/mol. The van der Waals surface area contributed by atoms with E-state index in [4.69, 9.17) is 9.15 Å². The first-order chi connectivity index (χ1) is 15.4. The molecule has 0 radical (unpaired) electrons. The molecular formula is C23H18N3O6-. The number of rotatable bonds is 6. The molecule has 1 aromatic heterocycles. The molecule has 0 atom stereocenters. The number of fused-ring (bicyclic) bond motifs is 1. The number of aromatic hydroxyl groups is 1. The highest BCUT2D eigenvalue weighted by atomic mass is 16.6. The zero-order chi connectivity index (χ0) is 22.8. The number of nitro groups is 1. The predicted molar refractivity (Wildman–Crippen MR) is 117 cm³/mol. The Morgan fingerprint density at radius 1 is 1.22 bits per heavy atom. The lowest BCUT2D eigenvalue weighted by Crippen LogP contribution is -2.02. The first-order valence-corrected chi connectivity index (χ1v) is 9.70. The molecule has 9 heteroatoms. The summed E-state index contributed by atoms with van der Waals surface area (Å²) in [5, 5.41) is 33.8. The fourth-order valence-corrected chi connectivity index (χ4v) is 3.19. The number of nitrogens with zero attached hydrogens (tertiary/aromatic N) is 3. The van der Waals surface area contributed by atoms with E-state index in [-0.39, 0.29) is 28.6 Å². The zero-order valence-electron chi connectivity index (χ0n) is 17.2. The van der Waals surface area contributed by atoms with Gasteiger partial charge in [0.05, 0.1) is 29.4 Å². The van der Waals surface area contributed by atoms with E-state index in [1.165, 1.54) is 25.5 Å². The number of aromatic nitrogens is 1. The minimum Gasteiger partial charge on any atom is -0.870 e. The molecule has 3 aromatic carbocycles. The van der Waals surface area contributed by atoms with Crippen LogP contribution in [0.1, 0.15) is 18.1 Å². The number of aliphatic imine (C=N–C) groups is 1. The zero-order valence-corrected chi connectivity index (χ0v) is 17.2. The van der Waals surface area contributed by atoms with Crippen LogP contribution in [0.2, 0.25) is 0 Å². The molecule has 0 amide bonds. The van der Waals surface area contributed by atoms with Gasteiger partial charge in [0.1, 0.15) is 17.0 Å². The monoisotopic (exact) mass is 432 g/mol. The first-order valence-electron chi connectivity index (χ1n) is 9.70. The summed E-state index contributed by atoms with van der Waals surface area (Å²) < 4.78 is 10.7. The Labute approximate surface area is 182 Å². The molecule has 0 aliphatic carbocycles. The number of hydrogen-bond acceptors (Lipinski definition) is 8. The molecule has 0 unspecified atom stereocenters. The number of aryl methyl sites for hydroxylation is 1. The maximum Gasteiger partial charge on any atom is 0.273 e. The van der Waals surface area contributed by atoms with Crippen LogP contribution in [0.25, 0.3) is 22.6 Å². The Morgan fingerprint density at radius 2 is 2.03 bits per heavy atom. The number of methoxy groups -OCH3 is 1. The van der Waals surface area contributed by atoms with Gasteiger partial charge in [0.25, 0.3) is 5.69 Å². The topological polar surface area (TPSA) is 134 Å². The third-order valence-corrected chi connectivity index (χ3v) is 4.92. The highest BCUT2D eigenvalue weighted by Gasteiger charge is 2.14. The summed E-state index contributed by atoms with van der Waals surface area (Å²) in [5.74, 6) is -0.492. The normalized spacial score (nSPS) is 11.3. The van der Waals surface area contributed by atoms with Gasteiger partial charge in [0.2, 0.25) is 5.89 Å². The number of ether oxygens (including phenoxy) is 1. The van der Waals surface area contributed by atoms with Crippen molar-refractivity contribution in [2.45, 2.75) is 13.3 Å². The molecule has 0 aliphatic heterocycles. The van der Waals surface area contributed by atoms with Crippen molar-refractivity contribution in [3.05, 3.63) is 69.8 Å². The molecule has 0 saturated carbocycles. The highest BCUT2D eigenvalue weighted by Crippen LogP contribution is 2.35. The van der Waals surface area contributed by atoms with Crippen LogP contribution in [0.5, 0.6) is 17.2 Å². The molecule has 0 fully saturated rings. The molecule has 9 nitrogen and oxygen atoms in total. The fourth-order valence-electron chi connectivity index (χ4n) is 3.19. The van der Waals surface area contributed by atoms with Gasteiger partial charge >= 0.3 is 0 Å². The van der Waals surface area contributed by atoms with Crippen molar-refractivity contribution in [2.24, 2.45) is 4.99 Å². The van der Waals surface area contributed by atoms with Crippen molar-refractivity contribution < 1.29 is 24.3 Å². The van der Waals surface area contributed by atoms with Crippen molar-refractivity contribution >= 4 is 28.7 Å². The van der Waals surface area contributed by atoms with Crippen LogP contribution in [0.4, 0.5) is 11.4 Å². The van der Waals surface area contributed by atoms with Gasteiger partial charge < -0.3 is 19.4 Å². The summed E-state index contributed by atoms with van der Waals surface area (Å²) in [6.07, 6.45) is 2.07. The van der Waals surface area contributed by atoms with Crippen LogP contribution >= 0.6 is 0 Å². The molecule has 0 bridgehead atoms. The third kappa shape index (κ3) is 3.95.